The van der Waals surface area contributed by atoms with Crippen molar-refractivity contribution < 1.29 is 4.39 Å². The number of aromatic nitrogens is 2. The number of halogens is 1. The minimum atomic E-state index is -0.213. The van der Waals surface area contributed by atoms with Crippen molar-refractivity contribution in [3.63, 3.8) is 0 Å². The van der Waals surface area contributed by atoms with Gasteiger partial charge in [0.25, 0.3) is 0 Å². The lowest BCUT2D eigenvalue weighted by molar-refractivity contribution is 0.613. The monoisotopic (exact) mass is 319 g/mol. The van der Waals surface area contributed by atoms with Crippen LogP contribution in [0.4, 0.5) is 10.2 Å². The van der Waals surface area contributed by atoms with Gasteiger partial charge < -0.3 is 5.32 Å². The third kappa shape index (κ3) is 3.27. The van der Waals surface area contributed by atoms with Crippen LogP contribution in [0.2, 0.25) is 0 Å². The third-order valence-electron chi connectivity index (χ3n) is 4.36. The molecule has 24 heavy (non-hydrogen) atoms. The van der Waals surface area contributed by atoms with Gasteiger partial charge in [0, 0.05) is 30.7 Å². The summed E-state index contributed by atoms with van der Waals surface area (Å²) in [7, 11) is 0. The Morgan fingerprint density at radius 1 is 0.958 bits per heavy atom. The molecule has 2 heterocycles. The van der Waals surface area contributed by atoms with E-state index in [0.29, 0.717) is 18.0 Å². The summed E-state index contributed by atoms with van der Waals surface area (Å²) in [6.45, 7) is 0.420. The third-order valence-corrected chi connectivity index (χ3v) is 4.36. The molecule has 1 N–H and O–H groups in total. The lowest BCUT2D eigenvalue weighted by atomic mass is 10.0. The van der Waals surface area contributed by atoms with Crippen molar-refractivity contribution in [3.8, 4) is 11.1 Å². The van der Waals surface area contributed by atoms with E-state index >= 15 is 0 Å². The van der Waals surface area contributed by atoms with Gasteiger partial charge in [0.2, 0.25) is 0 Å². The first-order valence-electron chi connectivity index (χ1n) is 8.18. The first-order chi connectivity index (χ1) is 11.8. The van der Waals surface area contributed by atoms with Crippen LogP contribution in [0.25, 0.3) is 11.1 Å². The minimum Gasteiger partial charge on any atom is -0.366 e. The van der Waals surface area contributed by atoms with Crippen LogP contribution in [-0.4, -0.2) is 9.97 Å². The number of benzene rings is 1. The summed E-state index contributed by atoms with van der Waals surface area (Å²) in [5, 5.41) is 3.22. The predicted molar refractivity (Wildman–Crippen MR) is 93.2 cm³/mol. The molecular weight excluding hydrogens is 301 g/mol. The van der Waals surface area contributed by atoms with Crippen molar-refractivity contribution in [3.05, 3.63) is 78.0 Å². The number of hydrogen-bond donors (Lipinski definition) is 1. The highest BCUT2D eigenvalue weighted by atomic mass is 19.1. The molecule has 0 atom stereocenters. The highest BCUT2D eigenvalue weighted by molar-refractivity contribution is 5.63. The molecule has 3 aromatic rings. The van der Waals surface area contributed by atoms with Crippen molar-refractivity contribution in [2.24, 2.45) is 0 Å². The van der Waals surface area contributed by atoms with Gasteiger partial charge in [0.15, 0.2) is 0 Å². The molecule has 1 aliphatic carbocycles. The average molecular weight is 319 g/mol. The van der Waals surface area contributed by atoms with Crippen LogP contribution in [0.5, 0.6) is 0 Å². The van der Waals surface area contributed by atoms with E-state index in [9.17, 15) is 4.39 Å². The van der Waals surface area contributed by atoms with Crippen molar-refractivity contribution in [1.29, 1.82) is 0 Å². The molecule has 3 nitrogen and oxygen atoms in total. The van der Waals surface area contributed by atoms with Crippen molar-refractivity contribution in [2.45, 2.75) is 25.3 Å². The fraction of sp³-hybridized carbons (Fsp3) is 0.200. The maximum Gasteiger partial charge on any atom is 0.128 e. The van der Waals surface area contributed by atoms with E-state index in [0.717, 1.165) is 16.9 Å². The fourth-order valence-electron chi connectivity index (χ4n) is 2.81. The average Bonchev–Trinajstić information content (AvgIpc) is 3.47. The SMILES string of the molecule is Fc1cc(-c2ccncc2)ccc1CNc1cc(C2CC2)ccn1. The van der Waals surface area contributed by atoms with Gasteiger partial charge in [-0.2, -0.15) is 0 Å². The Balaban J connectivity index is 1.48. The molecule has 4 rings (SSSR count). The Hall–Kier alpha value is -2.75. The lowest BCUT2D eigenvalue weighted by Gasteiger charge is -2.09. The summed E-state index contributed by atoms with van der Waals surface area (Å²) in [4.78, 5) is 8.31. The second-order valence-corrected chi connectivity index (χ2v) is 6.14. The van der Waals surface area contributed by atoms with Crippen LogP contribution >= 0.6 is 0 Å². The molecule has 0 aliphatic heterocycles. The Kier molecular flexibility index (Phi) is 3.95. The Labute approximate surface area is 140 Å². The molecule has 1 aliphatic rings. The first kappa shape index (κ1) is 14.8. The smallest absolute Gasteiger partial charge is 0.128 e. The van der Waals surface area contributed by atoms with E-state index in [1.54, 1.807) is 18.5 Å². The lowest BCUT2D eigenvalue weighted by Crippen LogP contribution is -2.04. The van der Waals surface area contributed by atoms with Crippen molar-refractivity contribution in [1.82, 2.24) is 9.97 Å². The largest absolute Gasteiger partial charge is 0.366 e. The Morgan fingerprint density at radius 2 is 1.79 bits per heavy atom. The summed E-state index contributed by atoms with van der Waals surface area (Å²) in [5.74, 6) is 1.28. The van der Waals surface area contributed by atoms with Gasteiger partial charge in [-0.25, -0.2) is 9.37 Å². The van der Waals surface area contributed by atoms with Gasteiger partial charge in [-0.15, -0.1) is 0 Å². The number of anilines is 1. The second-order valence-electron chi connectivity index (χ2n) is 6.14. The van der Waals surface area contributed by atoms with Gasteiger partial charge >= 0.3 is 0 Å². The molecular formula is C20H18FN3. The van der Waals surface area contributed by atoms with Crippen LogP contribution in [0, 0.1) is 5.82 Å². The van der Waals surface area contributed by atoms with E-state index in [1.807, 2.05) is 30.5 Å². The highest BCUT2D eigenvalue weighted by Gasteiger charge is 2.23. The fourth-order valence-corrected chi connectivity index (χ4v) is 2.81. The van der Waals surface area contributed by atoms with E-state index in [2.05, 4.69) is 27.4 Å². The molecule has 1 aromatic carbocycles. The van der Waals surface area contributed by atoms with Crippen LogP contribution in [0.1, 0.15) is 29.9 Å². The quantitative estimate of drug-likeness (QED) is 0.736. The zero-order valence-electron chi connectivity index (χ0n) is 13.2. The second kappa shape index (κ2) is 6.40. The summed E-state index contributed by atoms with van der Waals surface area (Å²) in [6.07, 6.45) is 7.75. The van der Waals surface area contributed by atoms with Gasteiger partial charge in [-0.05, 0) is 65.8 Å². The highest BCUT2D eigenvalue weighted by Crippen LogP contribution is 2.40. The molecule has 2 aromatic heterocycles. The molecule has 1 fully saturated rings. The van der Waals surface area contributed by atoms with E-state index < -0.39 is 0 Å². The molecule has 120 valence electrons. The molecule has 0 unspecified atom stereocenters. The van der Waals surface area contributed by atoms with E-state index in [4.69, 9.17) is 0 Å². The maximum atomic E-state index is 14.4. The summed E-state index contributed by atoms with van der Waals surface area (Å²) in [5.41, 5.74) is 3.77. The maximum absolute atomic E-state index is 14.4. The molecule has 0 saturated heterocycles. The first-order valence-corrected chi connectivity index (χ1v) is 8.18. The van der Waals surface area contributed by atoms with Crippen LogP contribution in [0.15, 0.2) is 61.1 Å². The summed E-state index contributed by atoms with van der Waals surface area (Å²) < 4.78 is 14.4. The normalized spacial score (nSPS) is 13.7. The van der Waals surface area contributed by atoms with Crippen LogP contribution < -0.4 is 5.32 Å². The molecule has 4 heteroatoms. The molecule has 1 saturated carbocycles. The Morgan fingerprint density at radius 3 is 2.54 bits per heavy atom. The molecule has 0 bridgehead atoms. The van der Waals surface area contributed by atoms with Crippen molar-refractivity contribution >= 4 is 5.82 Å². The number of pyridine rings is 2. The van der Waals surface area contributed by atoms with E-state index in [1.165, 1.54) is 18.4 Å². The minimum absolute atomic E-state index is 0.213. The number of rotatable bonds is 5. The summed E-state index contributed by atoms with van der Waals surface area (Å²) >= 11 is 0. The van der Waals surface area contributed by atoms with Crippen LogP contribution in [-0.2, 0) is 6.54 Å². The van der Waals surface area contributed by atoms with Gasteiger partial charge in [0.1, 0.15) is 11.6 Å². The standard InChI is InChI=1S/C20H18FN3/c21-19-11-16(15-5-8-22-9-6-15)3-4-18(19)13-24-20-12-17(7-10-23-20)14-1-2-14/h3-12,14H,1-2,13H2,(H,23,24). The van der Waals surface area contributed by atoms with E-state index in [-0.39, 0.29) is 5.82 Å². The van der Waals surface area contributed by atoms with Gasteiger partial charge in [0.05, 0.1) is 0 Å². The van der Waals surface area contributed by atoms with Crippen molar-refractivity contribution in [2.75, 3.05) is 5.32 Å². The van der Waals surface area contributed by atoms with Gasteiger partial charge in [-0.1, -0.05) is 12.1 Å². The van der Waals surface area contributed by atoms with Crippen LogP contribution in [0.3, 0.4) is 0 Å². The number of nitrogens with zero attached hydrogens (tertiary/aromatic N) is 2. The molecule has 0 radical (unpaired) electrons. The predicted octanol–water partition coefficient (Wildman–Crippen LogP) is 4.77. The topological polar surface area (TPSA) is 37.8 Å². The summed E-state index contributed by atoms with van der Waals surface area (Å²) in [6, 6.07) is 13.2. The molecule has 0 amide bonds. The number of nitrogens with one attached hydrogen (secondary N) is 1. The Bertz CT molecular complexity index is 845. The van der Waals surface area contributed by atoms with Gasteiger partial charge in [-0.3, -0.25) is 4.98 Å². The zero-order valence-corrected chi connectivity index (χ0v) is 13.2. The zero-order chi connectivity index (χ0) is 16.4. The molecule has 0 spiro atoms. The number of hydrogen-bond acceptors (Lipinski definition) is 3.